The van der Waals surface area contributed by atoms with Crippen molar-refractivity contribution in [3.8, 4) is 5.75 Å². The van der Waals surface area contributed by atoms with Crippen molar-refractivity contribution in [1.29, 1.82) is 0 Å². The van der Waals surface area contributed by atoms with Crippen molar-refractivity contribution >= 4 is 27.7 Å². The number of halogens is 1. The van der Waals surface area contributed by atoms with Crippen molar-refractivity contribution < 1.29 is 14.7 Å². The number of carbonyl (C=O) groups excluding carboxylic acids is 2. The van der Waals surface area contributed by atoms with Crippen molar-refractivity contribution in [3.63, 3.8) is 0 Å². The summed E-state index contributed by atoms with van der Waals surface area (Å²) in [6, 6.07) is 3.41. The van der Waals surface area contributed by atoms with Crippen LogP contribution in [0.3, 0.4) is 0 Å². The maximum absolute atomic E-state index is 12.1. The minimum absolute atomic E-state index is 0.0483. The van der Waals surface area contributed by atoms with Crippen molar-refractivity contribution in [1.82, 2.24) is 10.2 Å². The molecular formula is C15H19BrN2O3. The van der Waals surface area contributed by atoms with E-state index < -0.39 is 0 Å². The minimum atomic E-state index is -0.301. The zero-order valence-electron chi connectivity index (χ0n) is 12.0. The lowest BCUT2D eigenvalue weighted by molar-refractivity contribution is -0.127. The molecule has 1 aliphatic rings. The Kier molecular flexibility index (Phi) is 5.22. The summed E-state index contributed by atoms with van der Waals surface area (Å²) >= 11 is 3.22. The molecule has 0 aromatic heterocycles. The van der Waals surface area contributed by atoms with Gasteiger partial charge in [0, 0.05) is 26.1 Å². The van der Waals surface area contributed by atoms with E-state index in [2.05, 4.69) is 21.2 Å². The van der Waals surface area contributed by atoms with Crippen LogP contribution in [0.25, 0.3) is 0 Å². The minimum Gasteiger partial charge on any atom is -0.506 e. The Morgan fingerprint density at radius 2 is 2.24 bits per heavy atom. The average Bonchev–Trinajstić information content (AvgIpc) is 2.84. The van der Waals surface area contributed by atoms with Gasteiger partial charge in [0.15, 0.2) is 0 Å². The summed E-state index contributed by atoms with van der Waals surface area (Å²) in [6.07, 6.45) is 2.28. The van der Waals surface area contributed by atoms with E-state index in [0.717, 1.165) is 18.5 Å². The van der Waals surface area contributed by atoms with E-state index in [1.165, 1.54) is 0 Å². The van der Waals surface area contributed by atoms with Crippen LogP contribution in [0.15, 0.2) is 16.6 Å². The third-order valence-electron chi connectivity index (χ3n) is 3.51. The number of likely N-dealkylation sites (tertiary alicyclic amines) is 1. The highest BCUT2D eigenvalue weighted by atomic mass is 79.9. The summed E-state index contributed by atoms with van der Waals surface area (Å²) in [4.78, 5) is 25.3. The molecule has 6 heteroatoms. The van der Waals surface area contributed by atoms with E-state index in [9.17, 15) is 14.7 Å². The molecule has 1 aromatic rings. The van der Waals surface area contributed by atoms with Gasteiger partial charge in [-0.05, 0) is 53.4 Å². The Bertz CT molecular complexity index is 560. The zero-order chi connectivity index (χ0) is 15.4. The van der Waals surface area contributed by atoms with Crippen LogP contribution in [0.2, 0.25) is 0 Å². The molecule has 0 unspecified atom stereocenters. The molecule has 1 heterocycles. The van der Waals surface area contributed by atoms with E-state index in [1.807, 2.05) is 11.8 Å². The number of hydrogen-bond donors (Lipinski definition) is 2. The molecule has 2 N–H and O–H groups in total. The lowest BCUT2D eigenvalue weighted by atomic mass is 10.1. The predicted octanol–water partition coefficient (Wildman–Crippen LogP) is 2.21. The Hall–Kier alpha value is -1.56. The van der Waals surface area contributed by atoms with Gasteiger partial charge in [0.2, 0.25) is 5.91 Å². The van der Waals surface area contributed by atoms with Gasteiger partial charge in [-0.15, -0.1) is 0 Å². The van der Waals surface area contributed by atoms with Crippen LogP contribution < -0.4 is 5.32 Å². The second-order valence-corrected chi connectivity index (χ2v) is 6.09. The van der Waals surface area contributed by atoms with Gasteiger partial charge in [0.25, 0.3) is 5.91 Å². The third kappa shape index (κ3) is 3.97. The van der Waals surface area contributed by atoms with Crippen molar-refractivity contribution in [2.45, 2.75) is 26.2 Å². The zero-order valence-corrected chi connectivity index (χ0v) is 13.6. The Morgan fingerprint density at radius 3 is 2.90 bits per heavy atom. The molecule has 114 valence electrons. The normalized spacial score (nSPS) is 14.6. The van der Waals surface area contributed by atoms with Gasteiger partial charge in [-0.1, -0.05) is 0 Å². The number of hydrogen-bond acceptors (Lipinski definition) is 3. The topological polar surface area (TPSA) is 69.6 Å². The number of amides is 2. The monoisotopic (exact) mass is 354 g/mol. The highest BCUT2D eigenvalue weighted by Gasteiger charge is 2.19. The Labute approximate surface area is 132 Å². The third-order valence-corrected chi connectivity index (χ3v) is 4.12. The molecule has 2 amide bonds. The van der Waals surface area contributed by atoms with Crippen LogP contribution in [0.5, 0.6) is 5.75 Å². The van der Waals surface area contributed by atoms with Crippen molar-refractivity contribution in [3.05, 3.63) is 27.7 Å². The van der Waals surface area contributed by atoms with Crippen LogP contribution in [-0.2, 0) is 4.79 Å². The molecule has 21 heavy (non-hydrogen) atoms. The average molecular weight is 355 g/mol. The Morgan fingerprint density at radius 1 is 1.48 bits per heavy atom. The van der Waals surface area contributed by atoms with Gasteiger partial charge in [-0.3, -0.25) is 9.59 Å². The van der Waals surface area contributed by atoms with Gasteiger partial charge in [0.05, 0.1) is 10.0 Å². The molecular weight excluding hydrogens is 336 g/mol. The number of aryl methyl sites for hydroxylation is 1. The smallest absolute Gasteiger partial charge is 0.255 e. The summed E-state index contributed by atoms with van der Waals surface area (Å²) in [5.41, 5.74) is 1.16. The van der Waals surface area contributed by atoms with Crippen LogP contribution >= 0.6 is 15.9 Å². The number of nitrogens with one attached hydrogen (secondary N) is 1. The van der Waals surface area contributed by atoms with E-state index >= 15 is 0 Å². The lowest BCUT2D eigenvalue weighted by Gasteiger charge is -2.15. The van der Waals surface area contributed by atoms with E-state index in [1.54, 1.807) is 12.1 Å². The van der Waals surface area contributed by atoms with E-state index in [0.29, 0.717) is 30.4 Å². The predicted molar refractivity (Wildman–Crippen MR) is 83.3 cm³/mol. The number of nitrogens with zero attached hydrogens (tertiary/aromatic N) is 1. The SMILES string of the molecule is Cc1cc(Br)c(O)c(C(=O)NCCCN2CCCC2=O)c1. The number of benzene rings is 1. The molecule has 0 atom stereocenters. The first kappa shape index (κ1) is 15.8. The summed E-state index contributed by atoms with van der Waals surface area (Å²) in [5.74, 6) is -0.154. The summed E-state index contributed by atoms with van der Waals surface area (Å²) in [6.45, 7) is 3.83. The fourth-order valence-corrected chi connectivity index (χ4v) is 2.99. The summed E-state index contributed by atoms with van der Waals surface area (Å²) < 4.78 is 0.510. The number of carbonyl (C=O) groups is 2. The number of phenols is 1. The van der Waals surface area contributed by atoms with Gasteiger partial charge in [0.1, 0.15) is 5.75 Å². The van der Waals surface area contributed by atoms with Gasteiger partial charge >= 0.3 is 0 Å². The molecule has 0 radical (unpaired) electrons. The number of aromatic hydroxyl groups is 1. The number of rotatable bonds is 5. The largest absolute Gasteiger partial charge is 0.506 e. The van der Waals surface area contributed by atoms with E-state index in [-0.39, 0.29) is 23.1 Å². The fourth-order valence-electron chi connectivity index (χ4n) is 2.42. The fraction of sp³-hybridized carbons (Fsp3) is 0.467. The standard InChI is InChI=1S/C15H19BrN2O3/c1-10-8-11(14(20)12(16)9-10)15(21)17-5-3-7-18-6-2-4-13(18)19/h8-9,20H,2-7H2,1H3,(H,17,21). The van der Waals surface area contributed by atoms with Crippen LogP contribution in [0.1, 0.15) is 35.2 Å². The molecule has 0 saturated carbocycles. The van der Waals surface area contributed by atoms with Crippen molar-refractivity contribution in [2.75, 3.05) is 19.6 Å². The summed E-state index contributed by atoms with van der Waals surface area (Å²) in [7, 11) is 0. The first-order valence-electron chi connectivity index (χ1n) is 7.04. The van der Waals surface area contributed by atoms with Crippen LogP contribution in [0, 0.1) is 6.92 Å². The van der Waals surface area contributed by atoms with Crippen LogP contribution in [-0.4, -0.2) is 41.5 Å². The second kappa shape index (κ2) is 6.93. The number of phenolic OH excluding ortho intramolecular Hbond substituents is 1. The molecule has 0 aliphatic carbocycles. The highest BCUT2D eigenvalue weighted by molar-refractivity contribution is 9.10. The molecule has 2 rings (SSSR count). The van der Waals surface area contributed by atoms with Gasteiger partial charge < -0.3 is 15.3 Å². The molecule has 1 saturated heterocycles. The molecule has 1 aliphatic heterocycles. The first-order valence-corrected chi connectivity index (χ1v) is 7.83. The molecule has 1 fully saturated rings. The lowest BCUT2D eigenvalue weighted by Crippen LogP contribution is -2.30. The maximum Gasteiger partial charge on any atom is 0.255 e. The van der Waals surface area contributed by atoms with Crippen LogP contribution in [0.4, 0.5) is 0 Å². The molecule has 5 nitrogen and oxygen atoms in total. The summed E-state index contributed by atoms with van der Waals surface area (Å²) in [5, 5.41) is 12.7. The molecule has 0 bridgehead atoms. The second-order valence-electron chi connectivity index (χ2n) is 5.24. The molecule has 1 aromatic carbocycles. The quantitative estimate of drug-likeness (QED) is 0.796. The first-order chi connectivity index (χ1) is 9.99. The molecule has 0 spiro atoms. The van der Waals surface area contributed by atoms with Gasteiger partial charge in [-0.25, -0.2) is 0 Å². The Balaban J connectivity index is 1.83. The highest BCUT2D eigenvalue weighted by Crippen LogP contribution is 2.29. The van der Waals surface area contributed by atoms with Crippen molar-refractivity contribution in [2.24, 2.45) is 0 Å². The van der Waals surface area contributed by atoms with Gasteiger partial charge in [-0.2, -0.15) is 0 Å². The van der Waals surface area contributed by atoms with E-state index in [4.69, 9.17) is 0 Å². The maximum atomic E-state index is 12.1.